The number of halogens is 1. The molecule has 0 aliphatic heterocycles. The maximum atomic E-state index is 11.3. The lowest BCUT2D eigenvalue weighted by Crippen LogP contribution is -2.45. The van der Waals surface area contributed by atoms with E-state index in [9.17, 15) is 4.79 Å². The predicted octanol–water partition coefficient (Wildman–Crippen LogP) is 4.18. The number of carbonyl (C=O) groups is 1. The Labute approximate surface area is 148 Å². The molecule has 0 aliphatic carbocycles. The monoisotopic (exact) mass is 348 g/mol. The fraction of sp³-hybridized carbons (Fsp3) is 0.316. The van der Waals surface area contributed by atoms with Crippen molar-refractivity contribution < 1.29 is 18.8 Å². The van der Waals surface area contributed by atoms with Gasteiger partial charge in [0, 0.05) is 11.1 Å². The first-order valence-corrected chi connectivity index (χ1v) is 8.42. The molecule has 0 bridgehead atoms. The summed E-state index contributed by atoms with van der Waals surface area (Å²) in [4.78, 5) is 11.3. The second kappa shape index (κ2) is 9.30. The molecule has 0 aliphatic rings. The van der Waals surface area contributed by atoms with Crippen molar-refractivity contribution in [3.05, 3.63) is 71.8 Å². The number of rotatable bonds is 8. The van der Waals surface area contributed by atoms with Crippen LogP contribution in [0.3, 0.4) is 0 Å². The van der Waals surface area contributed by atoms with Gasteiger partial charge in [0.25, 0.3) is 0 Å². The van der Waals surface area contributed by atoms with Crippen LogP contribution in [0.2, 0.25) is 0 Å². The first kappa shape index (κ1) is 18.3. The highest BCUT2D eigenvalue weighted by molar-refractivity contribution is 6.17. The van der Waals surface area contributed by atoms with E-state index in [1.54, 1.807) is 0 Å². The van der Waals surface area contributed by atoms with Gasteiger partial charge in [-0.2, -0.15) is 0 Å². The van der Waals surface area contributed by atoms with Gasteiger partial charge in [-0.05, 0) is 0 Å². The summed E-state index contributed by atoms with van der Waals surface area (Å²) < 4.78 is 10.4. The molecule has 0 heterocycles. The zero-order valence-corrected chi connectivity index (χ0v) is 14.6. The minimum Gasteiger partial charge on any atom is -0.428 e. The molecule has 0 amide bonds. The fourth-order valence-electron chi connectivity index (χ4n) is 2.70. The van der Waals surface area contributed by atoms with Gasteiger partial charge in [0.05, 0.1) is 7.05 Å². The smallest absolute Gasteiger partial charge is 0.428 e. The Hall–Kier alpha value is -2.04. The molecule has 24 heavy (non-hydrogen) atoms. The molecule has 2 aromatic rings. The summed E-state index contributed by atoms with van der Waals surface area (Å²) in [5.41, 5.74) is 2.50. The normalized spacial score (nSPS) is 11.1. The zero-order valence-electron chi connectivity index (χ0n) is 13.9. The highest BCUT2D eigenvalue weighted by Crippen LogP contribution is 2.17. The average molecular weight is 349 g/mol. The summed E-state index contributed by atoms with van der Waals surface area (Å²) in [7, 11) is 2.16. The van der Waals surface area contributed by atoms with Crippen LogP contribution in [0, 0.1) is 0 Å². The molecule has 0 saturated heterocycles. The van der Waals surface area contributed by atoms with Gasteiger partial charge in [0.1, 0.15) is 26.2 Å². The molecule has 0 spiro atoms. The summed E-state index contributed by atoms with van der Waals surface area (Å²) in [6, 6.07) is 20.4. The van der Waals surface area contributed by atoms with Gasteiger partial charge < -0.3 is 14.0 Å². The van der Waals surface area contributed by atoms with Gasteiger partial charge in [0.15, 0.2) is 6.07 Å². The van der Waals surface area contributed by atoms with Crippen molar-refractivity contribution in [3.8, 4) is 0 Å². The maximum absolute atomic E-state index is 11.3. The molecular formula is C19H23ClNO3+. The lowest BCUT2D eigenvalue weighted by Gasteiger charge is -2.34. The van der Waals surface area contributed by atoms with E-state index in [4.69, 9.17) is 16.3 Å². The molecule has 0 atom stereocenters. The van der Waals surface area contributed by atoms with Crippen molar-refractivity contribution >= 4 is 17.8 Å². The number of carbonyl (C=O) groups excluding carboxylic acids is 1. The number of nitrogens with zero attached hydrogens (tertiary/aromatic N) is 1. The van der Waals surface area contributed by atoms with Gasteiger partial charge in [-0.15, -0.1) is 0 Å². The van der Waals surface area contributed by atoms with Crippen molar-refractivity contribution in [2.75, 3.05) is 26.3 Å². The third kappa shape index (κ3) is 6.22. The SMILES string of the molecule is C[N+](CCOC(=O)OCCl)(Cc1ccccc1)Cc1ccccc1. The number of ether oxygens (including phenoxy) is 2. The van der Waals surface area contributed by atoms with Crippen LogP contribution >= 0.6 is 11.6 Å². The second-order valence-corrected chi connectivity index (χ2v) is 6.20. The minimum atomic E-state index is -0.726. The molecule has 2 rings (SSSR count). The van der Waals surface area contributed by atoms with Crippen LogP contribution in [0.1, 0.15) is 11.1 Å². The summed E-state index contributed by atoms with van der Waals surface area (Å²) in [5.74, 6) is 0. The highest BCUT2D eigenvalue weighted by atomic mass is 35.5. The molecule has 0 aromatic heterocycles. The van der Waals surface area contributed by atoms with Crippen LogP contribution in [-0.4, -0.2) is 36.9 Å². The lowest BCUT2D eigenvalue weighted by atomic mass is 10.1. The molecule has 0 radical (unpaired) electrons. The van der Waals surface area contributed by atoms with E-state index < -0.39 is 6.16 Å². The number of alkyl halides is 1. The largest absolute Gasteiger partial charge is 0.509 e. The van der Waals surface area contributed by atoms with E-state index in [0.717, 1.165) is 17.6 Å². The topological polar surface area (TPSA) is 35.5 Å². The summed E-state index contributed by atoms with van der Waals surface area (Å²) >= 11 is 5.35. The Kier molecular flexibility index (Phi) is 7.09. The fourth-order valence-corrected chi connectivity index (χ4v) is 2.79. The lowest BCUT2D eigenvalue weighted by molar-refractivity contribution is -0.935. The molecule has 0 fully saturated rings. The van der Waals surface area contributed by atoms with E-state index >= 15 is 0 Å². The van der Waals surface area contributed by atoms with Crippen LogP contribution in [0.5, 0.6) is 0 Å². The van der Waals surface area contributed by atoms with E-state index in [1.807, 2.05) is 36.4 Å². The number of benzene rings is 2. The zero-order chi connectivity index (χ0) is 17.3. The quantitative estimate of drug-likeness (QED) is 0.408. The first-order valence-electron chi connectivity index (χ1n) is 7.88. The third-order valence-electron chi connectivity index (χ3n) is 3.84. The molecule has 2 aromatic carbocycles. The van der Waals surface area contributed by atoms with E-state index in [2.05, 4.69) is 36.1 Å². The molecule has 0 N–H and O–H groups in total. The van der Waals surface area contributed by atoms with Crippen molar-refractivity contribution in [1.29, 1.82) is 0 Å². The Morgan fingerprint density at radius 3 is 1.88 bits per heavy atom. The Morgan fingerprint density at radius 1 is 0.917 bits per heavy atom. The van der Waals surface area contributed by atoms with E-state index in [0.29, 0.717) is 6.54 Å². The van der Waals surface area contributed by atoms with Crippen molar-refractivity contribution in [2.24, 2.45) is 0 Å². The van der Waals surface area contributed by atoms with Crippen molar-refractivity contribution in [1.82, 2.24) is 0 Å². The molecule has 0 saturated carbocycles. The van der Waals surface area contributed by atoms with Crippen LogP contribution in [0.15, 0.2) is 60.7 Å². The second-order valence-electron chi connectivity index (χ2n) is 5.98. The van der Waals surface area contributed by atoms with Gasteiger partial charge >= 0.3 is 6.16 Å². The predicted molar refractivity (Wildman–Crippen MR) is 94.5 cm³/mol. The van der Waals surface area contributed by atoms with Crippen LogP contribution in [0.25, 0.3) is 0 Å². The van der Waals surface area contributed by atoms with Gasteiger partial charge in [-0.3, -0.25) is 0 Å². The number of hydrogen-bond donors (Lipinski definition) is 0. The average Bonchev–Trinajstić information content (AvgIpc) is 2.56. The summed E-state index contributed by atoms with van der Waals surface area (Å²) in [5, 5.41) is 0. The number of quaternary nitrogens is 1. The standard InChI is InChI=1S/C19H23ClNO3/c1-21(12-13-23-19(22)24-16-20,14-17-8-4-2-5-9-17)15-18-10-6-3-7-11-18/h2-11H,12-16H2,1H3/q+1. The van der Waals surface area contributed by atoms with Gasteiger partial charge in [-0.25, -0.2) is 4.79 Å². The highest BCUT2D eigenvalue weighted by Gasteiger charge is 2.23. The van der Waals surface area contributed by atoms with Crippen LogP contribution in [-0.2, 0) is 22.6 Å². The summed E-state index contributed by atoms with van der Waals surface area (Å²) in [6.07, 6.45) is -0.726. The van der Waals surface area contributed by atoms with Gasteiger partial charge in [-0.1, -0.05) is 72.3 Å². The Morgan fingerprint density at radius 2 is 1.42 bits per heavy atom. The van der Waals surface area contributed by atoms with Crippen molar-refractivity contribution in [3.63, 3.8) is 0 Å². The Bertz CT molecular complexity index is 578. The molecule has 4 nitrogen and oxygen atoms in total. The molecule has 5 heteroatoms. The maximum Gasteiger partial charge on any atom is 0.509 e. The number of hydrogen-bond acceptors (Lipinski definition) is 3. The Balaban J connectivity index is 2.04. The molecular weight excluding hydrogens is 326 g/mol. The van der Waals surface area contributed by atoms with Crippen LogP contribution in [0.4, 0.5) is 4.79 Å². The summed E-state index contributed by atoms with van der Waals surface area (Å²) in [6.45, 7) is 2.67. The van der Waals surface area contributed by atoms with E-state index in [-0.39, 0.29) is 12.7 Å². The minimum absolute atomic E-state index is 0.195. The molecule has 128 valence electrons. The van der Waals surface area contributed by atoms with Crippen LogP contribution < -0.4 is 0 Å². The van der Waals surface area contributed by atoms with Crippen molar-refractivity contribution in [2.45, 2.75) is 13.1 Å². The number of likely N-dealkylation sites (N-methyl/N-ethyl adjacent to an activating group) is 1. The van der Waals surface area contributed by atoms with E-state index in [1.165, 1.54) is 11.1 Å². The molecule has 0 unspecified atom stereocenters. The first-order chi connectivity index (χ1) is 11.6. The third-order valence-corrected chi connectivity index (χ3v) is 3.95. The van der Waals surface area contributed by atoms with Gasteiger partial charge in [0.2, 0.25) is 0 Å².